The van der Waals surface area contributed by atoms with Gasteiger partial charge < -0.3 is 10.2 Å². The van der Waals surface area contributed by atoms with E-state index in [-0.39, 0.29) is 24.2 Å². The molecular weight excluding hydrogens is 370 g/mol. The van der Waals surface area contributed by atoms with Crippen LogP contribution in [-0.2, 0) is 9.59 Å². The Morgan fingerprint density at radius 3 is 2.75 bits per heavy atom. The minimum Gasteiger partial charge on any atom is -0.355 e. The number of carbonyl (C=O) groups excluding carboxylic acids is 2. The highest BCUT2D eigenvalue weighted by molar-refractivity contribution is 9.10. The van der Waals surface area contributed by atoms with Gasteiger partial charge in [-0.1, -0.05) is 19.1 Å². The molecule has 132 valence electrons. The zero-order valence-electron chi connectivity index (χ0n) is 14.6. The molecule has 1 atom stereocenters. The molecule has 0 bridgehead atoms. The standard InChI is InChI=1S/C18H26BrN3O2/c1-4-21(13(2)3)10-9-20-18(24)14-11-17(23)22(12-14)16-8-6-5-7-15(16)19/h5-8,13-14H,4,9-12H2,1-3H3,(H,20,24). The predicted molar refractivity (Wildman–Crippen MR) is 100.0 cm³/mol. The lowest BCUT2D eigenvalue weighted by atomic mass is 10.1. The Kier molecular flexibility index (Phi) is 6.80. The van der Waals surface area contributed by atoms with Gasteiger partial charge in [-0.25, -0.2) is 0 Å². The van der Waals surface area contributed by atoms with Gasteiger partial charge in [0.1, 0.15) is 0 Å². The number of nitrogens with zero attached hydrogens (tertiary/aromatic N) is 2. The molecule has 1 fully saturated rings. The summed E-state index contributed by atoms with van der Waals surface area (Å²) in [4.78, 5) is 28.6. The molecule has 0 aliphatic carbocycles. The average Bonchev–Trinajstić information content (AvgIpc) is 2.93. The largest absolute Gasteiger partial charge is 0.355 e. The average molecular weight is 396 g/mol. The first-order chi connectivity index (χ1) is 11.4. The van der Waals surface area contributed by atoms with E-state index in [0.717, 1.165) is 23.2 Å². The fourth-order valence-corrected chi connectivity index (χ4v) is 3.53. The third kappa shape index (κ3) is 4.57. The van der Waals surface area contributed by atoms with Gasteiger partial charge in [0.15, 0.2) is 0 Å². The van der Waals surface area contributed by atoms with Gasteiger partial charge >= 0.3 is 0 Å². The second kappa shape index (κ2) is 8.62. The molecule has 2 rings (SSSR count). The Balaban J connectivity index is 1.89. The highest BCUT2D eigenvalue weighted by atomic mass is 79.9. The highest BCUT2D eigenvalue weighted by Crippen LogP contribution is 2.31. The number of carbonyl (C=O) groups is 2. The van der Waals surface area contributed by atoms with Crippen LogP contribution in [0.25, 0.3) is 0 Å². The Morgan fingerprint density at radius 2 is 2.12 bits per heavy atom. The molecule has 0 radical (unpaired) electrons. The predicted octanol–water partition coefficient (Wildman–Crippen LogP) is 2.65. The quantitative estimate of drug-likeness (QED) is 0.771. The first-order valence-corrected chi connectivity index (χ1v) is 9.30. The maximum Gasteiger partial charge on any atom is 0.227 e. The minimum atomic E-state index is -0.279. The Bertz CT molecular complexity index is 591. The molecule has 0 spiro atoms. The Labute approximate surface area is 152 Å². The molecule has 0 saturated carbocycles. The van der Waals surface area contributed by atoms with E-state index in [0.29, 0.717) is 19.1 Å². The van der Waals surface area contributed by atoms with Crippen LogP contribution < -0.4 is 10.2 Å². The van der Waals surface area contributed by atoms with Gasteiger partial charge in [0.25, 0.3) is 0 Å². The number of amides is 2. The summed E-state index contributed by atoms with van der Waals surface area (Å²) in [5.41, 5.74) is 0.828. The monoisotopic (exact) mass is 395 g/mol. The number of halogens is 1. The van der Waals surface area contributed by atoms with Crippen LogP contribution in [-0.4, -0.2) is 48.9 Å². The molecule has 2 amide bonds. The van der Waals surface area contributed by atoms with Crippen LogP contribution in [0.1, 0.15) is 27.2 Å². The molecule has 5 nitrogen and oxygen atoms in total. The number of para-hydroxylation sites is 1. The summed E-state index contributed by atoms with van der Waals surface area (Å²) in [5, 5.41) is 2.98. The smallest absolute Gasteiger partial charge is 0.227 e. The fraction of sp³-hybridized carbons (Fsp3) is 0.556. The van der Waals surface area contributed by atoms with Crippen LogP contribution >= 0.6 is 15.9 Å². The molecule has 1 aromatic carbocycles. The van der Waals surface area contributed by atoms with E-state index in [2.05, 4.69) is 46.9 Å². The normalized spacial score (nSPS) is 17.8. The lowest BCUT2D eigenvalue weighted by Gasteiger charge is -2.25. The van der Waals surface area contributed by atoms with Crippen molar-refractivity contribution in [1.29, 1.82) is 0 Å². The van der Waals surface area contributed by atoms with Crippen LogP contribution in [0.5, 0.6) is 0 Å². The first kappa shape index (κ1) is 18.9. The van der Waals surface area contributed by atoms with Crippen molar-refractivity contribution in [2.45, 2.75) is 33.2 Å². The Hall–Kier alpha value is -1.40. The van der Waals surface area contributed by atoms with E-state index in [1.165, 1.54) is 0 Å². The second-order valence-electron chi connectivity index (χ2n) is 6.37. The molecule has 1 N–H and O–H groups in total. The van der Waals surface area contributed by atoms with Gasteiger partial charge in [-0.05, 0) is 48.5 Å². The highest BCUT2D eigenvalue weighted by Gasteiger charge is 2.35. The van der Waals surface area contributed by atoms with Crippen molar-refractivity contribution in [1.82, 2.24) is 10.2 Å². The molecule has 1 heterocycles. The summed E-state index contributed by atoms with van der Waals surface area (Å²) in [6.45, 7) is 9.26. The van der Waals surface area contributed by atoms with Crippen molar-refractivity contribution in [3.8, 4) is 0 Å². The van der Waals surface area contributed by atoms with Crippen molar-refractivity contribution in [2.75, 3.05) is 31.1 Å². The van der Waals surface area contributed by atoms with Crippen molar-refractivity contribution in [3.05, 3.63) is 28.7 Å². The van der Waals surface area contributed by atoms with Crippen LogP contribution in [0.3, 0.4) is 0 Å². The number of rotatable bonds is 7. The summed E-state index contributed by atoms with van der Waals surface area (Å²) in [5.74, 6) is -0.309. The molecule has 1 aromatic rings. The second-order valence-corrected chi connectivity index (χ2v) is 7.22. The fourth-order valence-electron chi connectivity index (χ4n) is 3.04. The third-order valence-electron chi connectivity index (χ3n) is 4.47. The lowest BCUT2D eigenvalue weighted by Crippen LogP contribution is -2.40. The number of anilines is 1. The molecule has 0 aromatic heterocycles. The van der Waals surface area contributed by atoms with Gasteiger partial charge in [0, 0.05) is 36.6 Å². The van der Waals surface area contributed by atoms with Crippen molar-refractivity contribution >= 4 is 33.4 Å². The van der Waals surface area contributed by atoms with Crippen LogP contribution in [0, 0.1) is 5.92 Å². The minimum absolute atomic E-state index is 0.000542. The first-order valence-electron chi connectivity index (χ1n) is 8.50. The van der Waals surface area contributed by atoms with E-state index in [4.69, 9.17) is 0 Å². The van der Waals surface area contributed by atoms with E-state index in [1.54, 1.807) is 4.90 Å². The molecule has 1 aliphatic rings. The zero-order chi connectivity index (χ0) is 17.7. The summed E-state index contributed by atoms with van der Waals surface area (Å²) in [6, 6.07) is 8.06. The summed E-state index contributed by atoms with van der Waals surface area (Å²) >= 11 is 3.47. The number of benzene rings is 1. The van der Waals surface area contributed by atoms with Crippen LogP contribution in [0.15, 0.2) is 28.7 Å². The third-order valence-corrected chi connectivity index (χ3v) is 5.14. The molecule has 1 saturated heterocycles. The van der Waals surface area contributed by atoms with Gasteiger partial charge in [-0.2, -0.15) is 0 Å². The zero-order valence-corrected chi connectivity index (χ0v) is 16.2. The Morgan fingerprint density at radius 1 is 1.42 bits per heavy atom. The van der Waals surface area contributed by atoms with E-state index < -0.39 is 0 Å². The van der Waals surface area contributed by atoms with E-state index >= 15 is 0 Å². The van der Waals surface area contributed by atoms with Crippen molar-refractivity contribution in [3.63, 3.8) is 0 Å². The van der Waals surface area contributed by atoms with Crippen LogP contribution in [0.2, 0.25) is 0 Å². The van der Waals surface area contributed by atoms with Gasteiger partial charge in [-0.3, -0.25) is 14.5 Å². The van der Waals surface area contributed by atoms with Gasteiger partial charge in [0.05, 0.1) is 11.6 Å². The van der Waals surface area contributed by atoms with Crippen LogP contribution in [0.4, 0.5) is 5.69 Å². The summed E-state index contributed by atoms with van der Waals surface area (Å²) in [6.07, 6.45) is 0.273. The summed E-state index contributed by atoms with van der Waals surface area (Å²) in [7, 11) is 0. The molecular formula is C18H26BrN3O2. The molecule has 1 unspecified atom stereocenters. The van der Waals surface area contributed by atoms with Gasteiger partial charge in [-0.15, -0.1) is 0 Å². The SMILES string of the molecule is CCN(CCNC(=O)C1CC(=O)N(c2ccccc2Br)C1)C(C)C. The number of nitrogens with one attached hydrogen (secondary N) is 1. The number of hydrogen-bond acceptors (Lipinski definition) is 3. The van der Waals surface area contributed by atoms with E-state index in [9.17, 15) is 9.59 Å². The van der Waals surface area contributed by atoms with Crippen molar-refractivity contribution in [2.24, 2.45) is 5.92 Å². The number of hydrogen-bond donors (Lipinski definition) is 1. The van der Waals surface area contributed by atoms with E-state index in [1.807, 2.05) is 24.3 Å². The molecule has 24 heavy (non-hydrogen) atoms. The topological polar surface area (TPSA) is 52.7 Å². The molecule has 1 aliphatic heterocycles. The maximum absolute atomic E-state index is 12.4. The number of likely N-dealkylation sites (N-methyl/N-ethyl adjacent to an activating group) is 1. The van der Waals surface area contributed by atoms with Gasteiger partial charge in [0.2, 0.25) is 11.8 Å². The molecule has 6 heteroatoms. The lowest BCUT2D eigenvalue weighted by molar-refractivity contribution is -0.126. The van der Waals surface area contributed by atoms with Crippen molar-refractivity contribution < 1.29 is 9.59 Å². The summed E-state index contributed by atoms with van der Waals surface area (Å²) < 4.78 is 0.870. The maximum atomic E-state index is 12.4.